The largest absolute Gasteiger partial charge is 0.481 e. The normalized spacial score (nSPS) is 21.7. The van der Waals surface area contributed by atoms with Gasteiger partial charge in [-0.1, -0.05) is 64.5 Å². The van der Waals surface area contributed by atoms with Crippen LogP contribution in [-0.2, 0) is 25.8 Å². The van der Waals surface area contributed by atoms with E-state index in [1.165, 1.54) is 4.90 Å². The van der Waals surface area contributed by atoms with Gasteiger partial charge in [0.25, 0.3) is 5.91 Å². The smallest absolute Gasteiger partial charge is 0.305 e. The van der Waals surface area contributed by atoms with E-state index in [0.29, 0.717) is 17.8 Å². The van der Waals surface area contributed by atoms with Crippen LogP contribution in [-0.4, -0.2) is 28.1 Å². The Kier molecular flexibility index (Phi) is 5.50. The van der Waals surface area contributed by atoms with Gasteiger partial charge in [0, 0.05) is 15.7 Å². The average Bonchev–Trinajstić information content (AvgIpc) is 3.22. The number of carboxylic acids is 1. The molecule has 2 aliphatic rings. The van der Waals surface area contributed by atoms with E-state index in [9.17, 15) is 19.5 Å². The van der Waals surface area contributed by atoms with E-state index < -0.39 is 16.1 Å². The Morgan fingerprint density at radius 3 is 2.33 bits per heavy atom. The number of anilines is 2. The van der Waals surface area contributed by atoms with Crippen molar-refractivity contribution < 1.29 is 19.5 Å². The van der Waals surface area contributed by atoms with Crippen LogP contribution in [0.3, 0.4) is 0 Å². The Balaban J connectivity index is 1.67. The lowest BCUT2D eigenvalue weighted by Crippen LogP contribution is -2.49. The molecule has 8 heteroatoms. The fraction of sp³-hybridized carbons (Fsp3) is 0.160. The molecule has 3 aromatic rings. The maximum Gasteiger partial charge on any atom is 0.305 e. The van der Waals surface area contributed by atoms with Crippen molar-refractivity contribution in [1.29, 1.82) is 0 Å². The van der Waals surface area contributed by atoms with Crippen molar-refractivity contribution in [2.45, 2.75) is 23.1 Å². The lowest BCUT2D eigenvalue weighted by Gasteiger charge is -2.33. The summed E-state index contributed by atoms with van der Waals surface area (Å²) in [5.74, 6) is -1.70. The molecule has 0 radical (unpaired) electrons. The molecule has 2 unspecified atom stereocenters. The number of hydrogen-bond donors (Lipinski definition) is 1. The first-order valence-electron chi connectivity index (χ1n) is 10.4. The van der Waals surface area contributed by atoms with Crippen LogP contribution >= 0.6 is 27.7 Å². The Morgan fingerprint density at radius 1 is 0.970 bits per heavy atom. The zero-order valence-corrected chi connectivity index (χ0v) is 19.8. The molecular weight excluding hydrogens is 504 g/mol. The molecule has 6 nitrogen and oxygen atoms in total. The van der Waals surface area contributed by atoms with Crippen molar-refractivity contribution in [3.63, 3.8) is 0 Å². The van der Waals surface area contributed by atoms with Gasteiger partial charge in [0.2, 0.25) is 10.8 Å². The number of aliphatic carboxylic acids is 1. The van der Waals surface area contributed by atoms with Crippen molar-refractivity contribution in [2.75, 3.05) is 9.80 Å². The molecular formula is C25H19BrN2O4S. The fourth-order valence-corrected chi connectivity index (χ4v) is 6.37. The van der Waals surface area contributed by atoms with E-state index in [4.69, 9.17) is 0 Å². The van der Waals surface area contributed by atoms with Crippen molar-refractivity contribution in [3.05, 3.63) is 94.5 Å². The number of carbonyl (C=O) groups is 3. The number of rotatable bonds is 5. The monoisotopic (exact) mass is 522 g/mol. The molecule has 0 aromatic heterocycles. The molecule has 33 heavy (non-hydrogen) atoms. The fourth-order valence-electron chi connectivity index (χ4n) is 4.45. The summed E-state index contributed by atoms with van der Waals surface area (Å²) in [7, 11) is 0. The highest BCUT2D eigenvalue weighted by atomic mass is 79.9. The first kappa shape index (κ1) is 21.7. The molecule has 1 spiro atoms. The summed E-state index contributed by atoms with van der Waals surface area (Å²) in [6, 6.07) is 24.2. The Bertz CT molecular complexity index is 1250. The zero-order valence-electron chi connectivity index (χ0n) is 17.3. The van der Waals surface area contributed by atoms with Crippen LogP contribution in [0.2, 0.25) is 0 Å². The van der Waals surface area contributed by atoms with E-state index in [1.807, 2.05) is 54.6 Å². The summed E-state index contributed by atoms with van der Waals surface area (Å²) in [5.41, 5.74) is 2.93. The molecule has 1 fully saturated rings. The maximum atomic E-state index is 14.2. The van der Waals surface area contributed by atoms with Gasteiger partial charge in [-0.05, 0) is 35.9 Å². The molecule has 0 saturated carbocycles. The number of carboxylic acid groups (broad SMARTS) is 1. The van der Waals surface area contributed by atoms with E-state index >= 15 is 0 Å². The molecule has 0 bridgehead atoms. The minimum Gasteiger partial charge on any atom is -0.481 e. The molecule has 1 saturated heterocycles. The number of fused-ring (bicyclic) bond motifs is 2. The molecule has 2 aliphatic heterocycles. The second kappa shape index (κ2) is 8.35. The summed E-state index contributed by atoms with van der Waals surface area (Å²) in [6.45, 7) is 0.352. The van der Waals surface area contributed by atoms with Crippen LogP contribution < -0.4 is 9.80 Å². The number of para-hydroxylation sites is 1. The number of thioether (sulfide) groups is 1. The van der Waals surface area contributed by atoms with Gasteiger partial charge in [0.1, 0.15) is 0 Å². The SMILES string of the molecule is O=C(O)CC1SC2(C(=O)N(Cc3ccccc3)c3ccccc32)N(c2ccc(Br)cc2)C1=O. The summed E-state index contributed by atoms with van der Waals surface area (Å²) >= 11 is 4.53. The van der Waals surface area contributed by atoms with Gasteiger partial charge in [0.15, 0.2) is 0 Å². The lowest BCUT2D eigenvalue weighted by atomic mass is 10.0. The summed E-state index contributed by atoms with van der Waals surface area (Å²) in [6.07, 6.45) is -0.355. The molecule has 5 rings (SSSR count). The van der Waals surface area contributed by atoms with Gasteiger partial charge in [-0.2, -0.15) is 0 Å². The van der Waals surface area contributed by atoms with Gasteiger partial charge in [-0.15, -0.1) is 11.8 Å². The van der Waals surface area contributed by atoms with Crippen LogP contribution in [0, 0.1) is 0 Å². The van der Waals surface area contributed by atoms with Crippen LogP contribution in [0.1, 0.15) is 17.5 Å². The number of halogens is 1. The lowest BCUT2D eigenvalue weighted by molar-refractivity contribution is -0.138. The molecule has 3 aromatic carbocycles. The first-order chi connectivity index (χ1) is 15.9. The molecule has 2 atom stereocenters. The molecule has 2 amide bonds. The molecule has 0 aliphatic carbocycles. The Hall–Kier alpha value is -3.10. The van der Waals surface area contributed by atoms with Gasteiger partial charge in [-0.25, -0.2) is 0 Å². The highest BCUT2D eigenvalue weighted by molar-refractivity contribution is 9.10. The standard InChI is InChI=1S/C25H19BrN2O4S/c26-17-10-12-18(13-11-17)28-23(31)21(14-22(29)30)33-25(28)19-8-4-5-9-20(19)27(24(25)32)15-16-6-2-1-3-7-16/h1-13,21H,14-15H2,(H,29,30). The van der Waals surface area contributed by atoms with Crippen LogP contribution in [0.25, 0.3) is 0 Å². The van der Waals surface area contributed by atoms with Crippen LogP contribution in [0.15, 0.2) is 83.3 Å². The zero-order chi connectivity index (χ0) is 23.2. The Morgan fingerprint density at radius 2 is 1.64 bits per heavy atom. The number of benzene rings is 3. The third kappa shape index (κ3) is 3.54. The van der Waals surface area contributed by atoms with Crippen molar-refractivity contribution in [2.24, 2.45) is 0 Å². The number of carbonyl (C=O) groups excluding carboxylic acids is 2. The van der Waals surface area contributed by atoms with Crippen LogP contribution in [0.5, 0.6) is 0 Å². The van der Waals surface area contributed by atoms with E-state index in [-0.39, 0.29) is 18.2 Å². The van der Waals surface area contributed by atoms with Crippen molar-refractivity contribution in [3.8, 4) is 0 Å². The predicted octanol–water partition coefficient (Wildman–Crippen LogP) is 4.77. The first-order valence-corrected chi connectivity index (χ1v) is 12.0. The van der Waals surface area contributed by atoms with E-state index in [1.54, 1.807) is 29.2 Å². The molecule has 1 N–H and O–H groups in total. The summed E-state index contributed by atoms with van der Waals surface area (Å²) in [4.78, 5) is 41.1. The minimum atomic E-state index is -1.36. The van der Waals surface area contributed by atoms with E-state index in [2.05, 4.69) is 15.9 Å². The van der Waals surface area contributed by atoms with Crippen molar-refractivity contribution in [1.82, 2.24) is 0 Å². The minimum absolute atomic E-state index is 0.248. The quantitative estimate of drug-likeness (QED) is 0.522. The summed E-state index contributed by atoms with van der Waals surface area (Å²) in [5, 5.41) is 8.56. The third-order valence-corrected chi connectivity index (χ3v) is 7.95. The van der Waals surface area contributed by atoms with Gasteiger partial charge in [0.05, 0.1) is 23.9 Å². The second-order valence-corrected chi connectivity index (χ2v) is 10.2. The highest BCUT2D eigenvalue weighted by Gasteiger charge is 2.64. The van der Waals surface area contributed by atoms with Crippen molar-refractivity contribution >= 4 is 56.9 Å². The molecule has 2 heterocycles. The molecule has 166 valence electrons. The predicted molar refractivity (Wildman–Crippen MR) is 131 cm³/mol. The summed E-state index contributed by atoms with van der Waals surface area (Å²) < 4.78 is 0.838. The Labute approximate surface area is 203 Å². The maximum absolute atomic E-state index is 14.2. The highest BCUT2D eigenvalue weighted by Crippen LogP contribution is 2.58. The number of nitrogens with zero attached hydrogens (tertiary/aromatic N) is 2. The second-order valence-electron chi connectivity index (χ2n) is 7.89. The van der Waals surface area contributed by atoms with Gasteiger partial charge in [-0.3, -0.25) is 19.3 Å². The van der Waals surface area contributed by atoms with Gasteiger partial charge < -0.3 is 10.0 Å². The number of amides is 2. The van der Waals surface area contributed by atoms with E-state index in [0.717, 1.165) is 27.5 Å². The number of hydrogen-bond acceptors (Lipinski definition) is 4. The average molecular weight is 523 g/mol. The topological polar surface area (TPSA) is 77.9 Å². The van der Waals surface area contributed by atoms with Crippen LogP contribution in [0.4, 0.5) is 11.4 Å². The van der Waals surface area contributed by atoms with Gasteiger partial charge >= 0.3 is 5.97 Å². The third-order valence-electron chi connectivity index (χ3n) is 5.85.